The molecule has 9 nitrogen and oxygen atoms in total. The number of hydrogen-bond donors (Lipinski definition) is 2. The van der Waals surface area contributed by atoms with E-state index in [1.165, 1.54) is 0 Å². The van der Waals surface area contributed by atoms with E-state index < -0.39 is 0 Å². The zero-order valence-electron chi connectivity index (χ0n) is 17.8. The quantitative estimate of drug-likeness (QED) is 0.241. The molecule has 166 valence electrons. The van der Waals surface area contributed by atoms with Gasteiger partial charge in [0.05, 0.1) is 13.7 Å². The van der Waals surface area contributed by atoms with Gasteiger partial charge in [0.25, 0.3) is 5.89 Å². The number of methoxy groups -OCH3 is 1. The highest BCUT2D eigenvalue weighted by Crippen LogP contribution is 2.30. The predicted octanol–water partition coefficient (Wildman–Crippen LogP) is 3.78. The number of pyridine rings is 1. The Balaban J connectivity index is 0.00000341. The van der Waals surface area contributed by atoms with Gasteiger partial charge < -0.3 is 24.6 Å². The normalized spacial score (nSPS) is 10.9. The largest absolute Gasteiger partial charge is 0.493 e. The molecule has 0 aliphatic heterocycles. The van der Waals surface area contributed by atoms with E-state index in [-0.39, 0.29) is 24.0 Å². The van der Waals surface area contributed by atoms with Crippen LogP contribution in [-0.2, 0) is 6.42 Å². The van der Waals surface area contributed by atoms with Crippen LogP contribution in [0.2, 0.25) is 0 Å². The maximum atomic E-state index is 5.56. The lowest BCUT2D eigenvalue weighted by molar-refractivity contribution is 0.311. The van der Waals surface area contributed by atoms with Gasteiger partial charge in [0.1, 0.15) is 5.69 Å². The number of ether oxygens (including phenoxy) is 2. The summed E-state index contributed by atoms with van der Waals surface area (Å²) < 4.78 is 16.2. The molecule has 0 aliphatic rings. The topological polar surface area (TPSA) is 107 Å². The second kappa shape index (κ2) is 12.7. The highest BCUT2D eigenvalue weighted by molar-refractivity contribution is 14.0. The lowest BCUT2D eigenvalue weighted by atomic mass is 10.2. The van der Waals surface area contributed by atoms with Crippen molar-refractivity contribution in [1.82, 2.24) is 20.4 Å². The van der Waals surface area contributed by atoms with Crippen molar-refractivity contribution in [3.05, 3.63) is 48.4 Å². The molecule has 0 saturated heterocycles. The van der Waals surface area contributed by atoms with Gasteiger partial charge >= 0.3 is 0 Å². The molecule has 2 heterocycles. The van der Waals surface area contributed by atoms with Gasteiger partial charge in [-0.2, -0.15) is 4.98 Å². The Kier molecular flexibility index (Phi) is 10.0. The smallest absolute Gasteiger partial charge is 0.276 e. The molecule has 10 heteroatoms. The van der Waals surface area contributed by atoms with Crippen molar-refractivity contribution < 1.29 is 14.0 Å². The Labute approximate surface area is 198 Å². The monoisotopic (exact) mass is 538 g/mol. The van der Waals surface area contributed by atoms with Crippen LogP contribution in [0, 0.1) is 0 Å². The van der Waals surface area contributed by atoms with Gasteiger partial charge in [-0.05, 0) is 38.1 Å². The average Bonchev–Trinajstić information content (AvgIpc) is 3.24. The predicted molar refractivity (Wildman–Crippen MR) is 130 cm³/mol. The Bertz CT molecular complexity index is 965. The van der Waals surface area contributed by atoms with Crippen LogP contribution in [-0.4, -0.2) is 47.9 Å². The highest BCUT2D eigenvalue weighted by Gasteiger charge is 2.10. The van der Waals surface area contributed by atoms with Gasteiger partial charge in [0.15, 0.2) is 23.3 Å². The van der Waals surface area contributed by atoms with Crippen LogP contribution in [0.25, 0.3) is 11.6 Å². The Hall–Kier alpha value is -2.89. The maximum absolute atomic E-state index is 5.56. The number of halogens is 1. The fourth-order valence-electron chi connectivity index (χ4n) is 2.68. The fourth-order valence-corrected chi connectivity index (χ4v) is 2.68. The number of nitrogens with one attached hydrogen (secondary N) is 2. The number of rotatable bonds is 9. The van der Waals surface area contributed by atoms with Crippen molar-refractivity contribution in [3.8, 4) is 23.1 Å². The summed E-state index contributed by atoms with van der Waals surface area (Å²) >= 11 is 0. The van der Waals surface area contributed by atoms with Crippen LogP contribution >= 0.6 is 24.0 Å². The van der Waals surface area contributed by atoms with Gasteiger partial charge in [0, 0.05) is 37.5 Å². The van der Waals surface area contributed by atoms with E-state index in [1.807, 2.05) is 50.2 Å². The summed E-state index contributed by atoms with van der Waals surface area (Å²) in [6.45, 7) is 5.74. The van der Waals surface area contributed by atoms with Crippen LogP contribution < -0.4 is 20.1 Å². The van der Waals surface area contributed by atoms with E-state index in [0.717, 1.165) is 12.2 Å². The molecule has 3 rings (SSSR count). The summed E-state index contributed by atoms with van der Waals surface area (Å²) in [6.07, 6.45) is 2.23. The first-order chi connectivity index (χ1) is 14.7. The zero-order valence-corrected chi connectivity index (χ0v) is 20.1. The van der Waals surface area contributed by atoms with Crippen LogP contribution in [0.3, 0.4) is 0 Å². The minimum absolute atomic E-state index is 0. The summed E-state index contributed by atoms with van der Waals surface area (Å²) in [5.41, 5.74) is 1.49. The summed E-state index contributed by atoms with van der Waals surface area (Å²) in [5.74, 6) is 3.00. The van der Waals surface area contributed by atoms with Gasteiger partial charge in [-0.1, -0.05) is 11.2 Å². The molecule has 31 heavy (non-hydrogen) atoms. The fraction of sp³-hybridized carbons (Fsp3) is 0.333. The Morgan fingerprint density at radius 1 is 1.16 bits per heavy atom. The number of aromatic nitrogens is 3. The standard InChI is InChI=1S/C21H26N6O3.HI/c1-4-22-21(25-15-9-10-17(29-5-2)18(14-15)28-3)24-13-11-19-26-20(30-27-19)16-8-6-7-12-23-16;/h6-10,12,14H,4-5,11,13H2,1-3H3,(H2,22,24,25);1H. The molecule has 0 saturated carbocycles. The number of aliphatic imine (C=N–C) groups is 1. The van der Waals surface area contributed by atoms with Crippen molar-refractivity contribution in [1.29, 1.82) is 0 Å². The molecule has 0 unspecified atom stereocenters. The molecule has 0 bridgehead atoms. The Morgan fingerprint density at radius 2 is 2.03 bits per heavy atom. The van der Waals surface area contributed by atoms with Gasteiger partial charge in [0.2, 0.25) is 0 Å². The molecule has 0 spiro atoms. The van der Waals surface area contributed by atoms with Crippen molar-refractivity contribution in [2.75, 3.05) is 32.1 Å². The third-order valence-electron chi connectivity index (χ3n) is 4.03. The summed E-state index contributed by atoms with van der Waals surface area (Å²) in [5, 5.41) is 10.5. The minimum Gasteiger partial charge on any atom is -0.493 e. The highest BCUT2D eigenvalue weighted by atomic mass is 127. The molecule has 3 aromatic rings. The molecule has 0 atom stereocenters. The average molecular weight is 538 g/mol. The summed E-state index contributed by atoms with van der Waals surface area (Å²) in [7, 11) is 1.62. The van der Waals surface area contributed by atoms with E-state index in [2.05, 4.69) is 30.8 Å². The van der Waals surface area contributed by atoms with Gasteiger partial charge in [-0.3, -0.25) is 9.98 Å². The molecule has 2 aromatic heterocycles. The number of hydrogen-bond acceptors (Lipinski definition) is 7. The maximum Gasteiger partial charge on any atom is 0.276 e. The van der Waals surface area contributed by atoms with E-state index >= 15 is 0 Å². The molecule has 0 amide bonds. The SMILES string of the molecule is CCNC(=NCCc1noc(-c2ccccn2)n1)Nc1ccc(OCC)c(OC)c1.I. The molecule has 0 aliphatic carbocycles. The van der Waals surface area contributed by atoms with Gasteiger partial charge in [-0.15, -0.1) is 24.0 Å². The van der Waals surface area contributed by atoms with Crippen LogP contribution in [0.1, 0.15) is 19.7 Å². The second-order valence-electron chi connectivity index (χ2n) is 6.17. The van der Waals surface area contributed by atoms with Crippen LogP contribution in [0.15, 0.2) is 52.1 Å². The molecule has 1 aromatic carbocycles. The first kappa shape index (κ1) is 24.4. The molecule has 0 radical (unpaired) electrons. The van der Waals surface area contributed by atoms with Gasteiger partial charge in [-0.25, -0.2) is 0 Å². The number of guanidine groups is 1. The lowest BCUT2D eigenvalue weighted by Crippen LogP contribution is -2.31. The van der Waals surface area contributed by atoms with Crippen molar-refractivity contribution in [3.63, 3.8) is 0 Å². The number of nitrogens with zero attached hydrogens (tertiary/aromatic N) is 4. The van der Waals surface area contributed by atoms with Crippen molar-refractivity contribution in [2.24, 2.45) is 4.99 Å². The van der Waals surface area contributed by atoms with E-state index in [0.29, 0.717) is 54.4 Å². The van der Waals surface area contributed by atoms with Crippen molar-refractivity contribution in [2.45, 2.75) is 20.3 Å². The number of benzene rings is 1. The third-order valence-corrected chi connectivity index (χ3v) is 4.03. The van der Waals surface area contributed by atoms with E-state index in [1.54, 1.807) is 13.3 Å². The molecule has 0 fully saturated rings. The lowest BCUT2D eigenvalue weighted by Gasteiger charge is -2.14. The molecular formula is C21H27IN6O3. The summed E-state index contributed by atoms with van der Waals surface area (Å²) in [4.78, 5) is 13.2. The second-order valence-corrected chi connectivity index (χ2v) is 6.17. The molecular weight excluding hydrogens is 511 g/mol. The summed E-state index contributed by atoms with van der Waals surface area (Å²) in [6, 6.07) is 11.2. The minimum atomic E-state index is 0. The van der Waals surface area contributed by atoms with Crippen molar-refractivity contribution >= 4 is 35.6 Å². The van der Waals surface area contributed by atoms with E-state index in [9.17, 15) is 0 Å². The zero-order chi connectivity index (χ0) is 21.2. The third kappa shape index (κ3) is 7.09. The van der Waals surface area contributed by atoms with Crippen LogP contribution in [0.4, 0.5) is 5.69 Å². The first-order valence-electron chi connectivity index (χ1n) is 9.83. The Morgan fingerprint density at radius 3 is 2.74 bits per heavy atom. The van der Waals surface area contributed by atoms with E-state index in [4.69, 9.17) is 14.0 Å². The number of anilines is 1. The van der Waals surface area contributed by atoms with Crippen LogP contribution in [0.5, 0.6) is 11.5 Å². The molecule has 2 N–H and O–H groups in total. The first-order valence-corrected chi connectivity index (χ1v) is 9.83.